The molecule has 1 heterocycles. The van der Waals surface area contributed by atoms with Crippen molar-refractivity contribution < 1.29 is 40.1 Å². The molecular formula is C36H62O8. The summed E-state index contributed by atoms with van der Waals surface area (Å²) < 4.78 is 12.2. The molecule has 8 heteroatoms. The van der Waals surface area contributed by atoms with Crippen LogP contribution in [0.25, 0.3) is 0 Å². The third-order valence-electron chi connectivity index (χ3n) is 14.5. The molecule has 5 fully saturated rings. The fourth-order valence-electron chi connectivity index (χ4n) is 11.9. The minimum absolute atomic E-state index is 0.0231. The van der Waals surface area contributed by atoms with Crippen molar-refractivity contribution >= 4 is 0 Å². The first-order valence-corrected chi connectivity index (χ1v) is 17.3. The van der Waals surface area contributed by atoms with E-state index >= 15 is 0 Å². The minimum atomic E-state index is -1.46. The van der Waals surface area contributed by atoms with Crippen LogP contribution in [0.5, 0.6) is 0 Å². The van der Waals surface area contributed by atoms with Gasteiger partial charge in [-0.3, -0.25) is 0 Å². The molecule has 8 nitrogen and oxygen atoms in total. The molecule has 0 radical (unpaired) electrons. The van der Waals surface area contributed by atoms with E-state index < -0.39 is 49.0 Å². The Morgan fingerprint density at radius 1 is 0.886 bits per heavy atom. The van der Waals surface area contributed by atoms with Gasteiger partial charge < -0.3 is 40.1 Å². The molecule has 5 aliphatic rings. The third-order valence-corrected chi connectivity index (χ3v) is 14.5. The number of allylic oxidation sites excluding steroid dienone is 2. The first-order valence-electron chi connectivity index (χ1n) is 17.3. The summed E-state index contributed by atoms with van der Waals surface area (Å²) >= 11 is 0. The molecule has 4 saturated carbocycles. The highest BCUT2D eigenvalue weighted by molar-refractivity contribution is 5.20. The van der Waals surface area contributed by atoms with Crippen LogP contribution in [0.15, 0.2) is 11.6 Å². The van der Waals surface area contributed by atoms with E-state index in [1.807, 2.05) is 6.92 Å². The van der Waals surface area contributed by atoms with Gasteiger partial charge in [-0.25, -0.2) is 0 Å². The molecule has 6 N–H and O–H groups in total. The van der Waals surface area contributed by atoms with Gasteiger partial charge in [0.2, 0.25) is 0 Å². The van der Waals surface area contributed by atoms with Crippen LogP contribution in [0.3, 0.4) is 0 Å². The molecule has 0 aromatic carbocycles. The van der Waals surface area contributed by atoms with Gasteiger partial charge in [-0.1, -0.05) is 46.3 Å². The van der Waals surface area contributed by atoms with Crippen molar-refractivity contribution in [3.05, 3.63) is 11.6 Å². The van der Waals surface area contributed by atoms with Crippen LogP contribution in [0.1, 0.15) is 113 Å². The maximum absolute atomic E-state index is 12.0. The van der Waals surface area contributed by atoms with Gasteiger partial charge in [-0.2, -0.15) is 0 Å². The number of aliphatic hydroxyl groups excluding tert-OH is 5. The molecule has 0 aromatic heterocycles. The zero-order valence-corrected chi connectivity index (χ0v) is 28.5. The van der Waals surface area contributed by atoms with E-state index in [1.165, 1.54) is 5.57 Å². The quantitative estimate of drug-likeness (QED) is 0.182. The zero-order valence-electron chi connectivity index (χ0n) is 28.5. The number of ether oxygens (including phenoxy) is 2. The fourth-order valence-corrected chi connectivity index (χ4v) is 11.9. The second kappa shape index (κ2) is 11.8. The molecule has 5 rings (SSSR count). The predicted octanol–water partition coefficient (Wildman–Crippen LogP) is 4.32. The summed E-state index contributed by atoms with van der Waals surface area (Å²) in [5.41, 5.74) is 0.122. The van der Waals surface area contributed by atoms with Crippen molar-refractivity contribution in [3.63, 3.8) is 0 Å². The molecule has 4 aliphatic carbocycles. The maximum Gasteiger partial charge on any atom is 0.186 e. The second-order valence-electron chi connectivity index (χ2n) is 17.3. The lowest BCUT2D eigenvalue weighted by molar-refractivity contribution is -0.332. The van der Waals surface area contributed by atoms with E-state index in [1.54, 1.807) is 0 Å². The molecule has 254 valence electrons. The van der Waals surface area contributed by atoms with Gasteiger partial charge in [-0.15, -0.1) is 0 Å². The zero-order chi connectivity index (χ0) is 32.6. The Morgan fingerprint density at radius 3 is 2.18 bits per heavy atom. The summed E-state index contributed by atoms with van der Waals surface area (Å²) in [5, 5.41) is 64.8. The van der Waals surface area contributed by atoms with Gasteiger partial charge >= 0.3 is 0 Å². The lowest BCUT2D eigenvalue weighted by Crippen LogP contribution is -2.67. The molecule has 1 saturated heterocycles. The van der Waals surface area contributed by atoms with E-state index in [0.29, 0.717) is 18.3 Å². The van der Waals surface area contributed by atoms with E-state index in [9.17, 15) is 30.6 Å². The highest BCUT2D eigenvalue weighted by Crippen LogP contribution is 2.76. The molecule has 15 atom stereocenters. The normalized spacial score (nSPS) is 51.5. The van der Waals surface area contributed by atoms with Gasteiger partial charge in [0.05, 0.1) is 24.4 Å². The molecular weight excluding hydrogens is 560 g/mol. The van der Waals surface area contributed by atoms with Crippen molar-refractivity contribution in [1.82, 2.24) is 0 Å². The SMILES string of the molecule is CC(C)=CCCC(C)(O)[C@H]1CC[C@]2(C)C1[C@H](O)C[C@@H]1[C@@]3(C)CC[C@H](O[C@@H]4O[C@H](CO)[C@@H](O)[C@H](O)[C@H]4O)C(C)(C)[C@@H]3CC[C@]12C. The van der Waals surface area contributed by atoms with Crippen LogP contribution in [-0.2, 0) is 9.47 Å². The van der Waals surface area contributed by atoms with Crippen molar-refractivity contribution in [3.8, 4) is 0 Å². The van der Waals surface area contributed by atoms with Crippen LogP contribution in [-0.4, -0.2) is 85.8 Å². The van der Waals surface area contributed by atoms with Gasteiger partial charge in [-0.05, 0) is 124 Å². The summed E-state index contributed by atoms with van der Waals surface area (Å²) in [6, 6.07) is 0. The largest absolute Gasteiger partial charge is 0.394 e. The monoisotopic (exact) mass is 622 g/mol. The highest BCUT2D eigenvalue weighted by atomic mass is 16.7. The number of fused-ring (bicyclic) bond motifs is 5. The molecule has 1 aliphatic heterocycles. The summed E-state index contributed by atoms with van der Waals surface area (Å²) in [5.74, 6) is 0.792. The number of hydrogen-bond donors (Lipinski definition) is 6. The highest BCUT2D eigenvalue weighted by Gasteiger charge is 2.71. The van der Waals surface area contributed by atoms with Crippen molar-refractivity contribution in [2.75, 3.05) is 6.61 Å². The smallest absolute Gasteiger partial charge is 0.186 e. The first-order chi connectivity index (χ1) is 20.3. The Bertz CT molecular complexity index is 1070. The van der Waals surface area contributed by atoms with E-state index in [0.717, 1.165) is 51.4 Å². The van der Waals surface area contributed by atoms with E-state index in [2.05, 4.69) is 54.5 Å². The molecule has 0 aromatic rings. The topological polar surface area (TPSA) is 140 Å². The predicted molar refractivity (Wildman–Crippen MR) is 168 cm³/mol. The van der Waals surface area contributed by atoms with E-state index in [-0.39, 0.29) is 39.6 Å². The van der Waals surface area contributed by atoms with Gasteiger partial charge in [0.25, 0.3) is 0 Å². The fraction of sp³-hybridized carbons (Fsp3) is 0.944. The Balaban J connectivity index is 1.37. The van der Waals surface area contributed by atoms with Gasteiger partial charge in [0.15, 0.2) is 6.29 Å². The van der Waals surface area contributed by atoms with Crippen molar-refractivity contribution in [2.24, 2.45) is 45.3 Å². The molecule has 0 amide bonds. The average Bonchev–Trinajstić information content (AvgIpc) is 3.32. The molecule has 44 heavy (non-hydrogen) atoms. The van der Waals surface area contributed by atoms with Crippen LogP contribution in [0.4, 0.5) is 0 Å². The van der Waals surface area contributed by atoms with Gasteiger partial charge in [0.1, 0.15) is 24.4 Å². The summed E-state index contributed by atoms with van der Waals surface area (Å²) in [4.78, 5) is 0. The second-order valence-corrected chi connectivity index (χ2v) is 17.3. The Labute approximate surface area is 265 Å². The standard InChI is InChI=1S/C36H62O8/c1-20(2)10-9-14-36(8,42)21-11-16-35(7)27(21)22(38)18-25-33(5)15-13-26(32(3,4)24(33)12-17-34(25,35)6)44-31-30(41)29(40)28(39)23(19-37)43-31/h10,21-31,37-42H,9,11-19H2,1-8H3/t21-,22+,23+,24-,25+,26-,27?,28+,29-,30+,31-,33-,34+,35+,36?/m0/s1. The third kappa shape index (κ3) is 5.26. The first kappa shape index (κ1) is 34.7. The Kier molecular flexibility index (Phi) is 9.35. The summed E-state index contributed by atoms with van der Waals surface area (Å²) in [7, 11) is 0. The summed E-state index contributed by atoms with van der Waals surface area (Å²) in [6.45, 7) is 17.5. The minimum Gasteiger partial charge on any atom is -0.394 e. The summed E-state index contributed by atoms with van der Waals surface area (Å²) in [6.07, 6.45) is 3.15. The number of hydrogen-bond acceptors (Lipinski definition) is 8. The van der Waals surface area contributed by atoms with Crippen molar-refractivity contribution in [2.45, 2.75) is 162 Å². The Hall–Kier alpha value is -0.580. The van der Waals surface area contributed by atoms with Crippen LogP contribution in [0.2, 0.25) is 0 Å². The Morgan fingerprint density at radius 2 is 1.55 bits per heavy atom. The van der Waals surface area contributed by atoms with Gasteiger partial charge in [0, 0.05) is 0 Å². The van der Waals surface area contributed by atoms with Crippen LogP contribution >= 0.6 is 0 Å². The van der Waals surface area contributed by atoms with Crippen LogP contribution < -0.4 is 0 Å². The van der Waals surface area contributed by atoms with Crippen molar-refractivity contribution in [1.29, 1.82) is 0 Å². The number of rotatable bonds is 7. The maximum atomic E-state index is 12.0. The molecule has 0 bridgehead atoms. The molecule has 0 spiro atoms. The van der Waals surface area contributed by atoms with Crippen LogP contribution in [0, 0.1) is 45.3 Å². The average molecular weight is 623 g/mol. The molecule has 2 unspecified atom stereocenters. The van der Waals surface area contributed by atoms with E-state index in [4.69, 9.17) is 9.47 Å². The number of aliphatic hydroxyl groups is 6. The lowest BCUT2D eigenvalue weighted by Gasteiger charge is -2.70. The lowest BCUT2D eigenvalue weighted by atomic mass is 9.35.